The van der Waals surface area contributed by atoms with Crippen LogP contribution in [0.15, 0.2) is 11.6 Å². The maximum Gasteiger partial charge on any atom is 0.303 e. The third-order valence-corrected chi connectivity index (χ3v) is 2.29. The van der Waals surface area contributed by atoms with Gasteiger partial charge in [-0.1, -0.05) is 11.6 Å². The fourth-order valence-corrected chi connectivity index (χ4v) is 1.67. The van der Waals surface area contributed by atoms with Crippen LogP contribution in [-0.2, 0) is 14.3 Å². The highest BCUT2D eigenvalue weighted by molar-refractivity contribution is 6.25. The number of hydrogen-bond donors (Lipinski definition) is 0. The van der Waals surface area contributed by atoms with Crippen LogP contribution in [0.4, 0.5) is 0 Å². The summed E-state index contributed by atoms with van der Waals surface area (Å²) in [5.41, 5.74) is 1.37. The molecule has 14 heavy (non-hydrogen) atoms. The molecule has 0 spiro atoms. The Morgan fingerprint density at radius 1 is 1.64 bits per heavy atom. The molecule has 0 aliphatic carbocycles. The molecule has 0 aromatic heterocycles. The average Bonchev–Trinajstić information content (AvgIpc) is 2.18. The number of halogens is 1. The highest BCUT2D eigenvalue weighted by Crippen LogP contribution is 2.19. The van der Waals surface area contributed by atoms with Crippen LogP contribution in [0.25, 0.3) is 0 Å². The lowest BCUT2D eigenvalue weighted by atomic mass is 10.0. The molecule has 2 atom stereocenters. The van der Waals surface area contributed by atoms with Gasteiger partial charge in [-0.15, -0.1) is 0 Å². The summed E-state index contributed by atoms with van der Waals surface area (Å²) < 4.78 is 10.6. The molecule has 1 saturated heterocycles. The molecule has 0 N–H and O–H groups in total. The SMILES string of the molecule is CC(=O)O[C@H](/C=C/Cl)[C@@H]1CCCCO1. The van der Waals surface area contributed by atoms with E-state index in [1.807, 2.05) is 0 Å². The normalized spacial score (nSPS) is 24.9. The molecule has 0 bridgehead atoms. The van der Waals surface area contributed by atoms with E-state index in [2.05, 4.69) is 0 Å². The second-order valence-electron chi connectivity index (χ2n) is 3.30. The zero-order valence-corrected chi connectivity index (χ0v) is 9.00. The van der Waals surface area contributed by atoms with Gasteiger partial charge in [0.15, 0.2) is 0 Å². The van der Waals surface area contributed by atoms with Crippen molar-refractivity contribution in [3.63, 3.8) is 0 Å². The van der Waals surface area contributed by atoms with Crippen LogP contribution in [0.5, 0.6) is 0 Å². The van der Waals surface area contributed by atoms with Gasteiger partial charge in [-0.2, -0.15) is 0 Å². The minimum atomic E-state index is -0.342. The molecular weight excluding hydrogens is 204 g/mol. The van der Waals surface area contributed by atoms with E-state index in [0.717, 1.165) is 25.9 Å². The summed E-state index contributed by atoms with van der Waals surface area (Å²) in [7, 11) is 0. The average molecular weight is 219 g/mol. The fourth-order valence-electron chi connectivity index (χ4n) is 1.53. The second kappa shape index (κ2) is 6.04. The lowest BCUT2D eigenvalue weighted by Gasteiger charge is -2.27. The van der Waals surface area contributed by atoms with Gasteiger partial charge in [0.2, 0.25) is 0 Å². The van der Waals surface area contributed by atoms with Crippen LogP contribution in [0.2, 0.25) is 0 Å². The molecule has 1 aliphatic rings. The van der Waals surface area contributed by atoms with Crippen molar-refractivity contribution in [2.75, 3.05) is 6.61 Å². The van der Waals surface area contributed by atoms with Crippen molar-refractivity contribution in [1.29, 1.82) is 0 Å². The smallest absolute Gasteiger partial charge is 0.303 e. The minimum absolute atomic E-state index is 0.0392. The first-order chi connectivity index (χ1) is 6.74. The van der Waals surface area contributed by atoms with E-state index in [1.54, 1.807) is 6.08 Å². The molecule has 0 amide bonds. The van der Waals surface area contributed by atoms with Crippen molar-refractivity contribution in [1.82, 2.24) is 0 Å². The Balaban J connectivity index is 2.51. The van der Waals surface area contributed by atoms with E-state index < -0.39 is 0 Å². The molecule has 4 heteroatoms. The Labute approximate surface area is 89.0 Å². The maximum atomic E-state index is 10.8. The predicted octanol–water partition coefficient (Wildman–Crippen LogP) is 2.24. The zero-order chi connectivity index (χ0) is 10.4. The summed E-state index contributed by atoms with van der Waals surface area (Å²) in [6.07, 6.45) is 4.37. The molecule has 1 heterocycles. The topological polar surface area (TPSA) is 35.5 Å². The Morgan fingerprint density at radius 2 is 2.43 bits per heavy atom. The van der Waals surface area contributed by atoms with E-state index >= 15 is 0 Å². The van der Waals surface area contributed by atoms with Gasteiger partial charge >= 0.3 is 5.97 Å². The first-order valence-corrected chi connectivity index (χ1v) is 5.23. The van der Waals surface area contributed by atoms with Gasteiger partial charge < -0.3 is 9.47 Å². The van der Waals surface area contributed by atoms with Gasteiger partial charge in [0.25, 0.3) is 0 Å². The van der Waals surface area contributed by atoms with Gasteiger partial charge in [-0.05, 0) is 25.3 Å². The molecule has 1 fully saturated rings. The number of carbonyl (C=O) groups is 1. The highest BCUT2D eigenvalue weighted by Gasteiger charge is 2.24. The minimum Gasteiger partial charge on any atom is -0.455 e. The quantitative estimate of drug-likeness (QED) is 0.682. The van der Waals surface area contributed by atoms with Gasteiger partial charge in [0, 0.05) is 19.1 Å². The lowest BCUT2D eigenvalue weighted by Crippen LogP contribution is -2.34. The molecule has 0 radical (unpaired) electrons. The molecule has 3 nitrogen and oxygen atoms in total. The van der Waals surface area contributed by atoms with Crippen LogP contribution in [0.3, 0.4) is 0 Å². The predicted molar refractivity (Wildman–Crippen MR) is 54.1 cm³/mol. The lowest BCUT2D eigenvalue weighted by molar-refractivity contribution is -0.152. The van der Waals surface area contributed by atoms with Gasteiger partial charge in [0.05, 0.1) is 6.10 Å². The Hall–Kier alpha value is -0.540. The number of ether oxygens (including phenoxy) is 2. The zero-order valence-electron chi connectivity index (χ0n) is 8.24. The number of hydrogen-bond acceptors (Lipinski definition) is 3. The van der Waals surface area contributed by atoms with Crippen LogP contribution >= 0.6 is 11.6 Å². The molecular formula is C10H15ClO3. The molecule has 0 aromatic rings. The van der Waals surface area contributed by atoms with Crippen molar-refractivity contribution in [2.24, 2.45) is 0 Å². The summed E-state index contributed by atoms with van der Waals surface area (Å²) >= 11 is 5.47. The van der Waals surface area contributed by atoms with Crippen LogP contribution in [-0.4, -0.2) is 24.8 Å². The molecule has 1 rings (SSSR count). The van der Waals surface area contributed by atoms with Crippen LogP contribution in [0, 0.1) is 0 Å². The maximum absolute atomic E-state index is 10.8. The molecule has 1 aliphatic heterocycles. The van der Waals surface area contributed by atoms with E-state index in [1.165, 1.54) is 12.5 Å². The van der Waals surface area contributed by atoms with E-state index in [-0.39, 0.29) is 18.2 Å². The van der Waals surface area contributed by atoms with Crippen LogP contribution < -0.4 is 0 Å². The Kier molecular flexibility index (Phi) is 4.98. The highest BCUT2D eigenvalue weighted by atomic mass is 35.5. The van der Waals surface area contributed by atoms with E-state index in [4.69, 9.17) is 21.1 Å². The monoisotopic (exact) mass is 218 g/mol. The van der Waals surface area contributed by atoms with Crippen molar-refractivity contribution < 1.29 is 14.3 Å². The molecule has 0 aromatic carbocycles. The summed E-state index contributed by atoms with van der Waals surface area (Å²) in [6, 6.07) is 0. The van der Waals surface area contributed by atoms with Crippen molar-refractivity contribution in [3.05, 3.63) is 11.6 Å². The van der Waals surface area contributed by atoms with Crippen molar-refractivity contribution in [3.8, 4) is 0 Å². The van der Waals surface area contributed by atoms with E-state index in [0.29, 0.717) is 0 Å². The first-order valence-electron chi connectivity index (χ1n) is 4.79. The summed E-state index contributed by atoms with van der Waals surface area (Å²) in [6.45, 7) is 2.12. The summed E-state index contributed by atoms with van der Waals surface area (Å²) in [5, 5.41) is 0. The van der Waals surface area contributed by atoms with Crippen LogP contribution in [0.1, 0.15) is 26.2 Å². The Bertz CT molecular complexity index is 209. The fraction of sp³-hybridized carbons (Fsp3) is 0.700. The summed E-state index contributed by atoms with van der Waals surface area (Å²) in [5.74, 6) is -0.307. The van der Waals surface area contributed by atoms with Gasteiger partial charge in [-0.25, -0.2) is 0 Å². The largest absolute Gasteiger partial charge is 0.455 e. The van der Waals surface area contributed by atoms with Crippen molar-refractivity contribution in [2.45, 2.75) is 38.4 Å². The molecule has 80 valence electrons. The third-order valence-electron chi connectivity index (χ3n) is 2.15. The molecule has 0 unspecified atom stereocenters. The second-order valence-corrected chi connectivity index (χ2v) is 3.55. The Morgan fingerprint density at radius 3 is 2.93 bits per heavy atom. The number of rotatable bonds is 3. The standard InChI is InChI=1S/C10H15ClO3/c1-8(12)14-10(5-6-11)9-4-2-3-7-13-9/h5-6,9-10H,2-4,7H2,1H3/b6-5+/t9-,10+/m0/s1. The molecule has 0 saturated carbocycles. The number of carbonyl (C=O) groups excluding carboxylic acids is 1. The first kappa shape index (κ1) is 11.5. The van der Waals surface area contributed by atoms with Gasteiger partial charge in [0.1, 0.15) is 6.10 Å². The van der Waals surface area contributed by atoms with E-state index in [9.17, 15) is 4.79 Å². The van der Waals surface area contributed by atoms with Crippen molar-refractivity contribution >= 4 is 17.6 Å². The summed E-state index contributed by atoms with van der Waals surface area (Å²) in [4.78, 5) is 10.8. The van der Waals surface area contributed by atoms with Gasteiger partial charge in [-0.3, -0.25) is 4.79 Å². The third kappa shape index (κ3) is 3.68. The number of esters is 1.